The molecule has 0 bridgehead atoms. The number of furan rings is 1. The molecular formula is C12H13FO3S. The number of rotatable bonds is 3. The fraction of sp³-hybridized carbons (Fsp3) is 0.333. The van der Waals surface area contributed by atoms with Gasteiger partial charge in [-0.15, -0.1) is 0 Å². The first-order valence-corrected chi connectivity index (χ1v) is 6.99. The molecule has 5 heteroatoms. The third kappa shape index (κ3) is 2.34. The van der Waals surface area contributed by atoms with Crippen LogP contribution < -0.4 is 0 Å². The number of hydrogen-bond acceptors (Lipinski definition) is 3. The summed E-state index contributed by atoms with van der Waals surface area (Å²) in [4.78, 5) is 0. The smallest absolute Gasteiger partial charge is 0.156 e. The maximum absolute atomic E-state index is 13.1. The Morgan fingerprint density at radius 2 is 2.06 bits per heavy atom. The van der Waals surface area contributed by atoms with Crippen molar-refractivity contribution in [2.75, 3.05) is 0 Å². The zero-order valence-electron chi connectivity index (χ0n) is 9.60. The molecule has 2 rings (SSSR count). The first kappa shape index (κ1) is 12.1. The zero-order valence-corrected chi connectivity index (χ0v) is 10.4. The molecule has 1 aromatic heterocycles. The first-order chi connectivity index (χ1) is 7.90. The molecule has 92 valence electrons. The van der Waals surface area contributed by atoms with Crippen molar-refractivity contribution >= 4 is 20.8 Å². The number of fused-ring (bicyclic) bond motifs is 1. The van der Waals surface area contributed by atoms with E-state index in [9.17, 15) is 12.8 Å². The minimum Gasteiger partial charge on any atom is -0.464 e. The van der Waals surface area contributed by atoms with Crippen LogP contribution in [-0.4, -0.2) is 13.7 Å². The van der Waals surface area contributed by atoms with Gasteiger partial charge in [0.2, 0.25) is 0 Å². The van der Waals surface area contributed by atoms with Gasteiger partial charge < -0.3 is 4.42 Å². The van der Waals surface area contributed by atoms with Gasteiger partial charge in [0.15, 0.2) is 9.84 Å². The minimum absolute atomic E-state index is 0.124. The van der Waals surface area contributed by atoms with Gasteiger partial charge in [-0.25, -0.2) is 12.8 Å². The maximum atomic E-state index is 13.1. The van der Waals surface area contributed by atoms with E-state index in [-0.39, 0.29) is 5.75 Å². The van der Waals surface area contributed by atoms with Gasteiger partial charge in [-0.3, -0.25) is 0 Å². The van der Waals surface area contributed by atoms with Crippen molar-refractivity contribution in [2.24, 2.45) is 0 Å². The average Bonchev–Trinajstić information content (AvgIpc) is 2.60. The summed E-state index contributed by atoms with van der Waals surface area (Å²) in [5, 5.41) is 0.0650. The Morgan fingerprint density at radius 3 is 2.71 bits per heavy atom. The third-order valence-corrected chi connectivity index (χ3v) is 4.84. The molecule has 0 amide bonds. The monoisotopic (exact) mass is 256 g/mol. The second kappa shape index (κ2) is 4.14. The molecule has 0 aliphatic carbocycles. The molecule has 0 atom stereocenters. The largest absolute Gasteiger partial charge is 0.464 e. The molecule has 1 aromatic carbocycles. The Morgan fingerprint density at radius 1 is 1.35 bits per heavy atom. The van der Waals surface area contributed by atoms with E-state index in [1.807, 2.05) is 0 Å². The molecule has 0 fully saturated rings. The molecule has 17 heavy (non-hydrogen) atoms. The van der Waals surface area contributed by atoms with Crippen molar-refractivity contribution in [3.05, 3.63) is 35.8 Å². The van der Waals surface area contributed by atoms with Gasteiger partial charge in [0, 0.05) is 10.9 Å². The Kier molecular flexibility index (Phi) is 2.95. The van der Waals surface area contributed by atoms with E-state index in [1.165, 1.54) is 24.5 Å². The van der Waals surface area contributed by atoms with Crippen LogP contribution in [0, 0.1) is 5.82 Å². The van der Waals surface area contributed by atoms with E-state index in [0.29, 0.717) is 16.5 Å². The molecule has 0 saturated carbocycles. The zero-order chi connectivity index (χ0) is 12.6. The molecule has 0 radical (unpaired) electrons. The van der Waals surface area contributed by atoms with E-state index >= 15 is 0 Å². The molecule has 0 saturated heterocycles. The highest BCUT2D eigenvalue weighted by atomic mass is 32.2. The first-order valence-electron chi connectivity index (χ1n) is 5.27. The lowest BCUT2D eigenvalue weighted by molar-refractivity contribution is 0.584. The lowest BCUT2D eigenvalue weighted by Crippen LogP contribution is -2.15. The van der Waals surface area contributed by atoms with Gasteiger partial charge in [0.1, 0.15) is 11.4 Å². The lowest BCUT2D eigenvalue weighted by Gasteiger charge is -2.05. The summed E-state index contributed by atoms with van der Waals surface area (Å²) in [6.45, 7) is 3.25. The van der Waals surface area contributed by atoms with Crippen LogP contribution in [0.15, 0.2) is 28.9 Å². The van der Waals surface area contributed by atoms with Crippen molar-refractivity contribution in [3.8, 4) is 0 Å². The second-order valence-electron chi connectivity index (χ2n) is 4.26. The van der Waals surface area contributed by atoms with Crippen molar-refractivity contribution in [1.82, 2.24) is 0 Å². The molecule has 0 N–H and O–H groups in total. The Hall–Kier alpha value is -1.36. The van der Waals surface area contributed by atoms with Gasteiger partial charge in [-0.1, -0.05) is 0 Å². The SMILES string of the molecule is CC(C)S(=O)(=O)Cc1coc2ccc(F)cc12. The van der Waals surface area contributed by atoms with E-state index in [4.69, 9.17) is 4.42 Å². The predicted molar refractivity (Wildman–Crippen MR) is 63.9 cm³/mol. The fourth-order valence-electron chi connectivity index (χ4n) is 1.55. The van der Waals surface area contributed by atoms with Crippen LogP contribution in [0.25, 0.3) is 11.0 Å². The second-order valence-corrected chi connectivity index (χ2v) is 6.81. The predicted octanol–water partition coefficient (Wildman–Crippen LogP) is 2.90. The summed E-state index contributed by atoms with van der Waals surface area (Å²) in [5.74, 6) is -0.525. The van der Waals surface area contributed by atoms with E-state index in [1.54, 1.807) is 13.8 Å². The van der Waals surface area contributed by atoms with Crippen LogP contribution in [-0.2, 0) is 15.6 Å². The van der Waals surface area contributed by atoms with Crippen molar-refractivity contribution in [2.45, 2.75) is 24.9 Å². The van der Waals surface area contributed by atoms with E-state index < -0.39 is 20.9 Å². The van der Waals surface area contributed by atoms with Crippen LogP contribution in [0.2, 0.25) is 0 Å². The normalized spacial score (nSPS) is 12.5. The fourth-order valence-corrected chi connectivity index (χ4v) is 2.54. The quantitative estimate of drug-likeness (QED) is 0.848. The molecule has 3 nitrogen and oxygen atoms in total. The summed E-state index contributed by atoms with van der Waals surface area (Å²) in [5.41, 5.74) is 1.01. The van der Waals surface area contributed by atoms with Crippen LogP contribution in [0.4, 0.5) is 4.39 Å². The molecule has 1 heterocycles. The Balaban J connectivity index is 2.47. The van der Waals surface area contributed by atoms with Gasteiger partial charge in [0.25, 0.3) is 0 Å². The van der Waals surface area contributed by atoms with E-state index in [0.717, 1.165) is 0 Å². The Labute approximate surface area is 99.2 Å². The summed E-state index contributed by atoms with van der Waals surface area (Å²) < 4.78 is 41.9. The van der Waals surface area contributed by atoms with E-state index in [2.05, 4.69) is 0 Å². The molecule has 0 aliphatic heterocycles. The molecule has 2 aromatic rings. The highest BCUT2D eigenvalue weighted by Crippen LogP contribution is 2.24. The third-order valence-electron chi connectivity index (χ3n) is 2.69. The van der Waals surface area contributed by atoms with Crippen molar-refractivity contribution in [3.63, 3.8) is 0 Å². The molecule has 0 unspecified atom stereocenters. The number of sulfone groups is 1. The molecule has 0 spiro atoms. The van der Waals surface area contributed by atoms with Crippen molar-refractivity contribution in [1.29, 1.82) is 0 Å². The summed E-state index contributed by atoms with van der Waals surface area (Å²) in [6.07, 6.45) is 1.38. The topological polar surface area (TPSA) is 47.3 Å². The van der Waals surface area contributed by atoms with Crippen LogP contribution in [0.5, 0.6) is 0 Å². The van der Waals surface area contributed by atoms with Crippen LogP contribution in [0.1, 0.15) is 19.4 Å². The maximum Gasteiger partial charge on any atom is 0.156 e. The van der Waals surface area contributed by atoms with Gasteiger partial charge in [0.05, 0.1) is 17.3 Å². The molecule has 0 aliphatic rings. The lowest BCUT2D eigenvalue weighted by atomic mass is 10.2. The number of hydrogen-bond donors (Lipinski definition) is 0. The molecular weight excluding hydrogens is 243 g/mol. The van der Waals surface area contributed by atoms with Crippen LogP contribution in [0.3, 0.4) is 0 Å². The van der Waals surface area contributed by atoms with Gasteiger partial charge >= 0.3 is 0 Å². The number of benzene rings is 1. The minimum atomic E-state index is -3.21. The van der Waals surface area contributed by atoms with Crippen LogP contribution >= 0.6 is 0 Å². The average molecular weight is 256 g/mol. The summed E-state index contributed by atoms with van der Waals surface area (Å²) in [6, 6.07) is 4.08. The number of halogens is 1. The highest BCUT2D eigenvalue weighted by Gasteiger charge is 2.19. The summed E-state index contributed by atoms with van der Waals surface area (Å²) >= 11 is 0. The Bertz CT molecular complexity index is 641. The van der Waals surface area contributed by atoms with Gasteiger partial charge in [-0.2, -0.15) is 0 Å². The highest BCUT2D eigenvalue weighted by molar-refractivity contribution is 7.91. The van der Waals surface area contributed by atoms with Crippen molar-refractivity contribution < 1.29 is 17.2 Å². The summed E-state index contributed by atoms with van der Waals surface area (Å²) in [7, 11) is -3.21. The van der Waals surface area contributed by atoms with Gasteiger partial charge in [-0.05, 0) is 32.0 Å². The standard InChI is InChI=1S/C12H13FO3S/c1-8(2)17(14,15)7-9-6-16-12-4-3-10(13)5-11(9)12/h3-6,8H,7H2,1-2H3.